The van der Waals surface area contributed by atoms with E-state index in [4.69, 9.17) is 4.74 Å². The van der Waals surface area contributed by atoms with Gasteiger partial charge in [0.2, 0.25) is 5.91 Å². The lowest BCUT2D eigenvalue weighted by Gasteiger charge is -2.22. The summed E-state index contributed by atoms with van der Waals surface area (Å²) in [5.41, 5.74) is 0. The SMILES string of the molecule is CCCCCC/C=C\C/C=C\CCCCCCCCCC(=O)OCCCCCCCC/C=C\CCCCCCCCCC(=O)NC(CO)C(O)CCCCCCCCCCCCCCCCC. The number of hydrogen-bond donors (Lipinski definition) is 3. The Labute approximate surface area is 417 Å². The molecule has 0 aliphatic carbocycles. The Morgan fingerprint density at radius 1 is 0.418 bits per heavy atom. The predicted octanol–water partition coefficient (Wildman–Crippen LogP) is 18.4. The second-order valence-corrected chi connectivity index (χ2v) is 20.3. The molecule has 2 atom stereocenters. The molecular weight excluding hydrogens is 827 g/mol. The molecule has 3 N–H and O–H groups in total. The van der Waals surface area contributed by atoms with E-state index in [-0.39, 0.29) is 18.5 Å². The van der Waals surface area contributed by atoms with E-state index in [1.165, 1.54) is 218 Å². The van der Waals surface area contributed by atoms with Crippen LogP contribution >= 0.6 is 0 Å². The van der Waals surface area contributed by atoms with Crippen LogP contribution in [0.2, 0.25) is 0 Å². The van der Waals surface area contributed by atoms with Crippen molar-refractivity contribution in [3.63, 3.8) is 0 Å². The summed E-state index contributed by atoms with van der Waals surface area (Å²) in [5, 5.41) is 23.3. The van der Waals surface area contributed by atoms with Crippen LogP contribution in [0.15, 0.2) is 36.5 Å². The fraction of sp³-hybridized carbons (Fsp3) is 0.869. The van der Waals surface area contributed by atoms with Crippen LogP contribution in [-0.4, -0.2) is 47.4 Å². The average Bonchev–Trinajstić information content (AvgIpc) is 3.33. The molecule has 0 spiro atoms. The number of carbonyl (C=O) groups is 2. The van der Waals surface area contributed by atoms with Gasteiger partial charge in [-0.25, -0.2) is 0 Å². The monoisotopic (exact) mass is 942 g/mol. The van der Waals surface area contributed by atoms with Gasteiger partial charge in [0.25, 0.3) is 0 Å². The minimum Gasteiger partial charge on any atom is -0.466 e. The number of aliphatic hydroxyl groups excluding tert-OH is 2. The molecule has 0 aromatic heterocycles. The van der Waals surface area contributed by atoms with Crippen molar-refractivity contribution in [1.82, 2.24) is 5.32 Å². The van der Waals surface area contributed by atoms with Gasteiger partial charge in [-0.2, -0.15) is 0 Å². The van der Waals surface area contributed by atoms with E-state index in [9.17, 15) is 19.8 Å². The molecule has 0 aliphatic heterocycles. The van der Waals surface area contributed by atoms with Crippen molar-refractivity contribution < 1.29 is 24.5 Å². The van der Waals surface area contributed by atoms with E-state index in [0.29, 0.717) is 25.9 Å². The van der Waals surface area contributed by atoms with Gasteiger partial charge in [0.1, 0.15) is 0 Å². The molecule has 2 unspecified atom stereocenters. The van der Waals surface area contributed by atoms with Gasteiger partial charge in [0.05, 0.1) is 25.4 Å². The normalized spacial score (nSPS) is 12.8. The highest BCUT2D eigenvalue weighted by atomic mass is 16.5. The lowest BCUT2D eigenvalue weighted by atomic mass is 10.0. The minimum absolute atomic E-state index is 0.00907. The first kappa shape index (κ1) is 65.1. The number of allylic oxidation sites excluding steroid dienone is 6. The molecule has 0 radical (unpaired) electrons. The first-order valence-electron chi connectivity index (χ1n) is 29.7. The third-order valence-corrected chi connectivity index (χ3v) is 13.7. The van der Waals surface area contributed by atoms with Crippen LogP contribution in [0.5, 0.6) is 0 Å². The summed E-state index contributed by atoms with van der Waals surface area (Å²) in [6.45, 7) is 4.92. The third-order valence-electron chi connectivity index (χ3n) is 13.7. The van der Waals surface area contributed by atoms with Crippen LogP contribution in [0.3, 0.4) is 0 Å². The van der Waals surface area contributed by atoms with Crippen molar-refractivity contribution in [2.24, 2.45) is 0 Å². The van der Waals surface area contributed by atoms with Crippen LogP contribution in [0, 0.1) is 0 Å². The first-order chi connectivity index (χ1) is 33.0. The molecule has 0 rings (SSSR count). The Hall–Kier alpha value is -1.92. The molecule has 0 heterocycles. The summed E-state index contributed by atoms with van der Waals surface area (Å²) in [6.07, 6.45) is 69.9. The topological polar surface area (TPSA) is 95.9 Å². The van der Waals surface area contributed by atoms with Crippen molar-refractivity contribution in [3.8, 4) is 0 Å². The fourth-order valence-corrected chi connectivity index (χ4v) is 9.08. The van der Waals surface area contributed by atoms with Crippen LogP contribution in [-0.2, 0) is 14.3 Å². The maximum absolute atomic E-state index is 12.5. The van der Waals surface area contributed by atoms with Gasteiger partial charge in [0.15, 0.2) is 0 Å². The Balaban J connectivity index is 3.45. The number of unbranched alkanes of at least 4 members (excludes halogenated alkanes) is 38. The van der Waals surface area contributed by atoms with E-state index in [2.05, 4.69) is 55.6 Å². The third kappa shape index (κ3) is 53.3. The van der Waals surface area contributed by atoms with Crippen molar-refractivity contribution in [1.29, 1.82) is 0 Å². The Morgan fingerprint density at radius 3 is 1.16 bits per heavy atom. The zero-order valence-electron chi connectivity index (χ0n) is 44.9. The summed E-state index contributed by atoms with van der Waals surface area (Å²) in [4.78, 5) is 24.6. The Kier molecular flexibility index (Phi) is 55.0. The summed E-state index contributed by atoms with van der Waals surface area (Å²) < 4.78 is 5.48. The van der Waals surface area contributed by atoms with Gasteiger partial charge in [-0.1, -0.05) is 256 Å². The number of amides is 1. The molecule has 0 fully saturated rings. The van der Waals surface area contributed by atoms with E-state index in [1.54, 1.807) is 0 Å². The summed E-state index contributed by atoms with van der Waals surface area (Å²) in [7, 11) is 0. The maximum Gasteiger partial charge on any atom is 0.305 e. The smallest absolute Gasteiger partial charge is 0.305 e. The number of aliphatic hydroxyl groups is 2. The van der Waals surface area contributed by atoms with Crippen molar-refractivity contribution in [2.75, 3.05) is 13.2 Å². The zero-order valence-corrected chi connectivity index (χ0v) is 44.9. The highest BCUT2D eigenvalue weighted by molar-refractivity contribution is 5.76. The van der Waals surface area contributed by atoms with Crippen molar-refractivity contribution in [2.45, 2.75) is 328 Å². The zero-order chi connectivity index (χ0) is 48.6. The van der Waals surface area contributed by atoms with Gasteiger partial charge in [-0.15, -0.1) is 0 Å². The number of hydrogen-bond acceptors (Lipinski definition) is 5. The van der Waals surface area contributed by atoms with Crippen LogP contribution in [0.25, 0.3) is 0 Å². The molecule has 67 heavy (non-hydrogen) atoms. The molecule has 0 aliphatic rings. The quantitative estimate of drug-likeness (QED) is 0.0321. The van der Waals surface area contributed by atoms with Crippen molar-refractivity contribution >= 4 is 11.9 Å². The second kappa shape index (κ2) is 56.7. The van der Waals surface area contributed by atoms with E-state index >= 15 is 0 Å². The van der Waals surface area contributed by atoms with Gasteiger partial charge in [-0.3, -0.25) is 9.59 Å². The van der Waals surface area contributed by atoms with Crippen LogP contribution in [0.1, 0.15) is 316 Å². The number of esters is 1. The molecule has 0 saturated heterocycles. The predicted molar refractivity (Wildman–Crippen MR) is 292 cm³/mol. The summed E-state index contributed by atoms with van der Waals surface area (Å²) in [6, 6.07) is -0.551. The lowest BCUT2D eigenvalue weighted by molar-refractivity contribution is -0.143. The van der Waals surface area contributed by atoms with Crippen LogP contribution in [0.4, 0.5) is 0 Å². The van der Waals surface area contributed by atoms with E-state index < -0.39 is 12.1 Å². The van der Waals surface area contributed by atoms with Crippen LogP contribution < -0.4 is 5.32 Å². The molecule has 0 saturated carbocycles. The molecule has 0 aromatic rings. The molecule has 6 heteroatoms. The molecule has 1 amide bonds. The standard InChI is InChI=1S/C61H115NO5/c1-3-5-7-9-11-13-15-17-19-20-23-27-31-35-39-43-47-51-55-61(66)67-56-52-48-44-40-36-32-28-24-21-22-26-30-34-38-42-46-50-54-60(65)62-58(57-63)59(64)53-49-45-41-37-33-29-25-18-16-14-12-10-8-6-4-2/h13,15,19-21,24,58-59,63-64H,3-12,14,16-18,22-23,25-57H2,1-2H3,(H,62,65)/b15-13-,20-19-,24-21-. The van der Waals surface area contributed by atoms with Crippen molar-refractivity contribution in [3.05, 3.63) is 36.5 Å². The Morgan fingerprint density at radius 2 is 0.746 bits per heavy atom. The molecule has 0 aromatic carbocycles. The number of rotatable bonds is 55. The summed E-state index contributed by atoms with van der Waals surface area (Å²) >= 11 is 0. The highest BCUT2D eigenvalue weighted by Gasteiger charge is 2.20. The molecule has 6 nitrogen and oxygen atoms in total. The lowest BCUT2D eigenvalue weighted by Crippen LogP contribution is -2.45. The highest BCUT2D eigenvalue weighted by Crippen LogP contribution is 2.17. The van der Waals surface area contributed by atoms with Gasteiger partial charge in [-0.05, 0) is 83.5 Å². The molecule has 0 bridgehead atoms. The fourth-order valence-electron chi connectivity index (χ4n) is 9.08. The van der Waals surface area contributed by atoms with Gasteiger partial charge in [0, 0.05) is 12.8 Å². The Bertz CT molecular complexity index is 1090. The average molecular weight is 943 g/mol. The largest absolute Gasteiger partial charge is 0.466 e. The van der Waals surface area contributed by atoms with E-state index in [0.717, 1.165) is 64.2 Å². The molecule has 394 valence electrons. The summed E-state index contributed by atoms with van der Waals surface area (Å²) in [5.74, 6) is -0.0555. The number of carbonyl (C=O) groups excluding carboxylic acids is 2. The maximum atomic E-state index is 12.5. The number of ether oxygens (including phenoxy) is 1. The minimum atomic E-state index is -0.673. The van der Waals surface area contributed by atoms with Gasteiger partial charge < -0.3 is 20.3 Å². The number of nitrogens with one attached hydrogen (secondary N) is 1. The van der Waals surface area contributed by atoms with E-state index in [1.807, 2.05) is 0 Å². The molecular formula is C61H115NO5. The second-order valence-electron chi connectivity index (χ2n) is 20.3. The first-order valence-corrected chi connectivity index (χ1v) is 29.7. The van der Waals surface area contributed by atoms with Gasteiger partial charge >= 0.3 is 5.97 Å².